The molecule has 0 atom stereocenters. The van der Waals surface area contributed by atoms with Crippen LogP contribution in [-0.2, 0) is 11.4 Å². The first-order chi connectivity index (χ1) is 9.67. The zero-order chi connectivity index (χ0) is 14.4. The summed E-state index contributed by atoms with van der Waals surface area (Å²) < 4.78 is 0.983. The molecule has 6 nitrogen and oxygen atoms in total. The van der Waals surface area contributed by atoms with E-state index in [1.165, 1.54) is 11.3 Å². The van der Waals surface area contributed by atoms with Gasteiger partial charge in [0.15, 0.2) is 5.13 Å². The molecule has 0 unspecified atom stereocenters. The summed E-state index contributed by atoms with van der Waals surface area (Å²) in [5.41, 5.74) is 2.59. The minimum Gasteiger partial charge on any atom is -0.334 e. The maximum Gasteiger partial charge on any atom is 0.321 e. The number of carbonyl (C=O) groups excluding carboxylic acids is 1. The molecule has 2 aromatic rings. The molecule has 0 radical (unpaired) electrons. The lowest BCUT2D eigenvalue weighted by molar-refractivity contribution is -0.827. The van der Waals surface area contributed by atoms with Crippen LogP contribution in [-0.4, -0.2) is 18.1 Å². The Balaban J connectivity index is 1.82. The highest BCUT2D eigenvalue weighted by atomic mass is 79.9. The third-order valence-electron chi connectivity index (χ3n) is 2.32. The number of nitrogens with zero attached hydrogens (tertiary/aromatic N) is 1. The molecule has 0 bridgehead atoms. The number of carbonyl (C=O) groups is 1. The van der Waals surface area contributed by atoms with Gasteiger partial charge in [0.05, 0.1) is 7.11 Å². The van der Waals surface area contributed by atoms with Crippen LogP contribution >= 0.6 is 27.3 Å². The summed E-state index contributed by atoms with van der Waals surface area (Å²) in [5, 5.41) is 6.82. The Labute approximate surface area is 128 Å². The molecule has 2 amide bonds. The largest absolute Gasteiger partial charge is 0.334 e. The van der Waals surface area contributed by atoms with E-state index >= 15 is 0 Å². The molecule has 1 heterocycles. The number of benzene rings is 1. The lowest BCUT2D eigenvalue weighted by Gasteiger charge is -2.05. The number of nitrogens with two attached hydrogens (primary N) is 1. The number of nitrogens with one attached hydrogen (secondary N) is 2. The van der Waals surface area contributed by atoms with Gasteiger partial charge in [-0.1, -0.05) is 28.1 Å². The number of hydrogen-bond donors (Lipinski definition) is 3. The molecule has 20 heavy (non-hydrogen) atoms. The van der Waals surface area contributed by atoms with Crippen LogP contribution in [0, 0.1) is 0 Å². The van der Waals surface area contributed by atoms with E-state index in [1.807, 2.05) is 24.3 Å². The SMILES string of the molecule is CO[NH2+]c1cnc(NC(=O)NCc2cccc(Br)c2)s1. The molecule has 4 N–H and O–H groups in total. The van der Waals surface area contributed by atoms with Crippen molar-refractivity contribution < 1.29 is 15.1 Å². The fraction of sp³-hybridized carbons (Fsp3) is 0.167. The topological polar surface area (TPSA) is 79.9 Å². The lowest BCUT2D eigenvalue weighted by Crippen LogP contribution is -2.75. The minimum atomic E-state index is -0.289. The lowest BCUT2D eigenvalue weighted by atomic mass is 10.2. The third kappa shape index (κ3) is 4.57. The van der Waals surface area contributed by atoms with Crippen LogP contribution in [0.1, 0.15) is 5.56 Å². The van der Waals surface area contributed by atoms with Gasteiger partial charge in [-0.2, -0.15) is 5.48 Å². The maximum atomic E-state index is 11.7. The first kappa shape index (κ1) is 14.9. The fourth-order valence-electron chi connectivity index (χ4n) is 1.49. The van der Waals surface area contributed by atoms with Gasteiger partial charge < -0.3 is 5.32 Å². The number of hydrogen-bond acceptors (Lipinski definition) is 4. The number of halogens is 1. The molecule has 1 aromatic heterocycles. The van der Waals surface area contributed by atoms with Crippen LogP contribution in [0.2, 0.25) is 0 Å². The van der Waals surface area contributed by atoms with Crippen molar-refractivity contribution in [3.63, 3.8) is 0 Å². The van der Waals surface area contributed by atoms with Crippen molar-refractivity contribution in [2.45, 2.75) is 6.54 Å². The number of aromatic nitrogens is 1. The highest BCUT2D eigenvalue weighted by molar-refractivity contribution is 9.10. The molecule has 0 aliphatic heterocycles. The average molecular weight is 358 g/mol. The van der Waals surface area contributed by atoms with Gasteiger partial charge in [0.25, 0.3) is 0 Å². The Morgan fingerprint density at radius 3 is 3.15 bits per heavy atom. The molecule has 2 rings (SSSR count). The molecule has 0 aliphatic carbocycles. The Kier molecular flexibility index (Phi) is 5.48. The van der Waals surface area contributed by atoms with Gasteiger partial charge >= 0.3 is 6.03 Å². The molecule has 0 saturated heterocycles. The second kappa shape index (κ2) is 7.34. The molecule has 0 saturated carbocycles. The van der Waals surface area contributed by atoms with Gasteiger partial charge in [-0.3, -0.25) is 5.32 Å². The quantitative estimate of drug-likeness (QED) is 0.715. The number of thiazole rings is 1. The highest BCUT2D eigenvalue weighted by Gasteiger charge is 2.08. The van der Waals surface area contributed by atoms with Gasteiger partial charge in [-0.15, -0.1) is 0 Å². The monoisotopic (exact) mass is 357 g/mol. The van der Waals surface area contributed by atoms with Gasteiger partial charge in [0.2, 0.25) is 5.00 Å². The van der Waals surface area contributed by atoms with E-state index in [2.05, 4.69) is 31.5 Å². The van der Waals surface area contributed by atoms with E-state index in [0.29, 0.717) is 11.7 Å². The predicted molar refractivity (Wildman–Crippen MR) is 80.7 cm³/mol. The zero-order valence-corrected chi connectivity index (χ0v) is 13.1. The van der Waals surface area contributed by atoms with E-state index in [1.54, 1.807) is 18.8 Å². The van der Waals surface area contributed by atoms with Crippen molar-refractivity contribution in [1.82, 2.24) is 10.3 Å². The van der Waals surface area contributed by atoms with Crippen molar-refractivity contribution in [2.75, 3.05) is 12.4 Å². The highest BCUT2D eigenvalue weighted by Crippen LogP contribution is 2.18. The predicted octanol–water partition coefficient (Wildman–Crippen LogP) is 1.98. The fourth-order valence-corrected chi connectivity index (χ4v) is 2.65. The van der Waals surface area contributed by atoms with E-state index in [9.17, 15) is 4.79 Å². The van der Waals surface area contributed by atoms with Gasteiger partial charge in [0, 0.05) is 11.0 Å². The number of anilines is 1. The van der Waals surface area contributed by atoms with Crippen LogP contribution in [0.25, 0.3) is 0 Å². The van der Waals surface area contributed by atoms with Gasteiger partial charge in [-0.05, 0) is 29.0 Å². The maximum absolute atomic E-state index is 11.7. The zero-order valence-electron chi connectivity index (χ0n) is 10.7. The first-order valence-electron chi connectivity index (χ1n) is 5.78. The standard InChI is InChI=1S/C12H13BrN4O2S/c1-19-17-10-7-15-12(20-10)16-11(18)14-6-8-3-2-4-9(13)5-8/h2-5,7,17H,6H2,1H3,(H2,14,15,16,18)/p+1. The van der Waals surface area contributed by atoms with Gasteiger partial charge in [-0.25, -0.2) is 14.6 Å². The van der Waals surface area contributed by atoms with Crippen molar-refractivity contribution in [1.29, 1.82) is 0 Å². The Morgan fingerprint density at radius 1 is 1.55 bits per heavy atom. The van der Waals surface area contributed by atoms with Crippen molar-refractivity contribution in [2.24, 2.45) is 0 Å². The van der Waals surface area contributed by atoms with Crippen LogP contribution < -0.4 is 16.1 Å². The molecule has 0 aliphatic rings. The Morgan fingerprint density at radius 2 is 2.40 bits per heavy atom. The van der Waals surface area contributed by atoms with Crippen molar-refractivity contribution in [3.05, 3.63) is 40.5 Å². The third-order valence-corrected chi connectivity index (χ3v) is 3.65. The molecule has 1 aromatic carbocycles. The molecular formula is C12H14BrN4O2S+. The molecule has 8 heteroatoms. The molecule has 106 valence electrons. The summed E-state index contributed by atoms with van der Waals surface area (Å²) >= 11 is 4.73. The summed E-state index contributed by atoms with van der Waals surface area (Å²) in [4.78, 5) is 20.7. The van der Waals surface area contributed by atoms with E-state index in [4.69, 9.17) is 4.84 Å². The summed E-state index contributed by atoms with van der Waals surface area (Å²) in [6.07, 6.45) is 1.64. The van der Waals surface area contributed by atoms with Crippen molar-refractivity contribution >= 4 is 43.4 Å². The smallest absolute Gasteiger partial charge is 0.321 e. The molecular weight excluding hydrogens is 344 g/mol. The second-order valence-electron chi connectivity index (χ2n) is 3.86. The summed E-state index contributed by atoms with van der Waals surface area (Å²) in [6, 6.07) is 7.47. The first-order valence-corrected chi connectivity index (χ1v) is 7.39. The van der Waals surface area contributed by atoms with Crippen LogP contribution in [0.15, 0.2) is 34.9 Å². The van der Waals surface area contributed by atoms with Crippen LogP contribution in [0.5, 0.6) is 0 Å². The number of urea groups is 1. The number of amides is 2. The summed E-state index contributed by atoms with van der Waals surface area (Å²) in [7, 11) is 1.57. The van der Waals surface area contributed by atoms with E-state index in [-0.39, 0.29) is 6.03 Å². The number of quaternary nitrogens is 1. The minimum absolute atomic E-state index is 0.289. The summed E-state index contributed by atoms with van der Waals surface area (Å²) in [6.45, 7) is 0.452. The summed E-state index contributed by atoms with van der Waals surface area (Å²) in [5.74, 6) is 0. The van der Waals surface area contributed by atoms with Crippen molar-refractivity contribution in [3.8, 4) is 0 Å². The molecule has 0 fully saturated rings. The van der Waals surface area contributed by atoms with E-state index < -0.39 is 0 Å². The Hall–Kier alpha value is -1.48. The van der Waals surface area contributed by atoms with E-state index in [0.717, 1.165) is 15.0 Å². The molecule has 0 spiro atoms. The Bertz CT molecular complexity index is 590. The number of rotatable bonds is 5. The normalized spacial score (nSPS) is 10.3. The van der Waals surface area contributed by atoms with Gasteiger partial charge in [0.1, 0.15) is 6.20 Å². The van der Waals surface area contributed by atoms with Crippen LogP contribution in [0.4, 0.5) is 14.9 Å². The second-order valence-corrected chi connectivity index (χ2v) is 5.84. The van der Waals surface area contributed by atoms with Crippen LogP contribution in [0.3, 0.4) is 0 Å². The average Bonchev–Trinajstić information content (AvgIpc) is 2.84.